The smallest absolute Gasteiger partial charge is 0.343 e. The van der Waals surface area contributed by atoms with Crippen molar-refractivity contribution in [1.82, 2.24) is 9.13 Å². The van der Waals surface area contributed by atoms with E-state index >= 15 is 0 Å². The third kappa shape index (κ3) is 2.99. The number of aliphatic hydroxyl groups is 2. The van der Waals surface area contributed by atoms with Gasteiger partial charge in [0, 0.05) is 24.1 Å². The van der Waals surface area contributed by atoms with Crippen molar-refractivity contribution < 1.29 is 24.1 Å². The summed E-state index contributed by atoms with van der Waals surface area (Å²) in [5, 5.41) is 20.4. The Kier molecular flexibility index (Phi) is 4.98. The van der Waals surface area contributed by atoms with Crippen molar-refractivity contribution in [3.8, 4) is 11.3 Å². The zero-order chi connectivity index (χ0) is 23.5. The van der Waals surface area contributed by atoms with E-state index in [0.717, 1.165) is 0 Å². The van der Waals surface area contributed by atoms with Crippen molar-refractivity contribution in [2.45, 2.75) is 51.5 Å². The van der Waals surface area contributed by atoms with E-state index in [-0.39, 0.29) is 48.3 Å². The Morgan fingerprint density at radius 2 is 1.97 bits per heavy atom. The first-order valence-electron chi connectivity index (χ1n) is 10.9. The molecule has 0 bridgehead atoms. The third-order valence-corrected chi connectivity index (χ3v) is 6.73. The van der Waals surface area contributed by atoms with Crippen LogP contribution in [0.4, 0.5) is 4.39 Å². The number of cyclic esters (lactones) is 1. The molecule has 2 aliphatic rings. The first kappa shape index (κ1) is 21.5. The van der Waals surface area contributed by atoms with Crippen LogP contribution in [0.5, 0.6) is 0 Å². The highest BCUT2D eigenvalue weighted by atomic mass is 19.1. The molecule has 0 fully saturated rings. The molecular weight excluding hydrogens is 431 g/mol. The summed E-state index contributed by atoms with van der Waals surface area (Å²) in [6.07, 6.45) is 1.18. The summed E-state index contributed by atoms with van der Waals surface area (Å²) in [6.45, 7) is 1.97. The highest BCUT2D eigenvalue weighted by Gasteiger charge is 2.45. The highest BCUT2D eigenvalue weighted by Crippen LogP contribution is 2.38. The number of hydrogen-bond donors (Lipinski definition) is 2. The number of rotatable bonds is 5. The largest absolute Gasteiger partial charge is 0.458 e. The Bertz CT molecular complexity index is 1440. The standard InChI is InChI=1S/C24H23FN2O6/c1-2-24(32)16-10-18-20-19(11-27(18)22(30)15(16)12-33-23(24)31)26(7-3-4-8-28)17-6-5-13(25)9-14(17)21(20)29/h5-6,9-10,28,32H,2-4,7-8,11-12H2,1H3/t24-/m0/s1. The Balaban J connectivity index is 1.83. The molecule has 0 saturated heterocycles. The Hall–Kier alpha value is -3.30. The summed E-state index contributed by atoms with van der Waals surface area (Å²) >= 11 is 0. The molecule has 8 nitrogen and oxygen atoms in total. The Morgan fingerprint density at radius 3 is 2.70 bits per heavy atom. The van der Waals surface area contributed by atoms with Crippen LogP contribution in [0.3, 0.4) is 0 Å². The lowest BCUT2D eigenvalue weighted by Crippen LogP contribution is -2.44. The summed E-state index contributed by atoms with van der Waals surface area (Å²) in [6, 6.07) is 5.54. The molecule has 172 valence electrons. The van der Waals surface area contributed by atoms with Gasteiger partial charge in [0.2, 0.25) is 0 Å². The molecule has 0 aliphatic carbocycles. The number of carbonyl (C=O) groups excluding carboxylic acids is 1. The van der Waals surface area contributed by atoms with Crippen LogP contribution in [-0.4, -0.2) is 31.9 Å². The van der Waals surface area contributed by atoms with Gasteiger partial charge in [0.25, 0.3) is 5.56 Å². The SMILES string of the molecule is CC[C@@]1(O)C(=O)OCc2c1cc1n(c2=O)Cc2c-1c(=O)c1cc(F)ccc1n2CCCCO. The minimum Gasteiger partial charge on any atom is -0.458 e. The summed E-state index contributed by atoms with van der Waals surface area (Å²) < 4.78 is 22.5. The van der Waals surface area contributed by atoms with Crippen LogP contribution in [0, 0.1) is 5.82 Å². The monoisotopic (exact) mass is 454 g/mol. The molecule has 0 unspecified atom stereocenters. The summed E-state index contributed by atoms with van der Waals surface area (Å²) in [7, 11) is 0. The average molecular weight is 454 g/mol. The lowest BCUT2D eigenvalue weighted by atomic mass is 9.86. The van der Waals surface area contributed by atoms with E-state index in [9.17, 15) is 29.0 Å². The van der Waals surface area contributed by atoms with Gasteiger partial charge in [-0.1, -0.05) is 6.92 Å². The fraction of sp³-hybridized carbons (Fsp3) is 0.375. The minimum absolute atomic E-state index is 0.00288. The predicted octanol–water partition coefficient (Wildman–Crippen LogP) is 1.76. The van der Waals surface area contributed by atoms with Crippen LogP contribution in [0.15, 0.2) is 33.9 Å². The van der Waals surface area contributed by atoms with Gasteiger partial charge in [0.15, 0.2) is 11.0 Å². The molecule has 4 heterocycles. The number of esters is 1. The second kappa shape index (κ2) is 7.64. The molecule has 0 saturated carbocycles. The first-order chi connectivity index (χ1) is 15.8. The van der Waals surface area contributed by atoms with Crippen molar-refractivity contribution >= 4 is 16.9 Å². The highest BCUT2D eigenvalue weighted by molar-refractivity contribution is 5.87. The van der Waals surface area contributed by atoms with E-state index in [2.05, 4.69) is 0 Å². The molecule has 33 heavy (non-hydrogen) atoms. The number of benzene rings is 1. The molecule has 2 aromatic heterocycles. The number of fused-ring (bicyclic) bond motifs is 5. The molecule has 0 amide bonds. The normalized spacial score (nSPS) is 18.7. The molecule has 2 aliphatic heterocycles. The molecule has 0 radical (unpaired) electrons. The van der Waals surface area contributed by atoms with Gasteiger partial charge < -0.3 is 24.1 Å². The number of halogens is 1. The number of pyridine rings is 2. The van der Waals surface area contributed by atoms with Crippen molar-refractivity contribution in [2.24, 2.45) is 0 Å². The van der Waals surface area contributed by atoms with Gasteiger partial charge in [0.05, 0.1) is 34.6 Å². The lowest BCUT2D eigenvalue weighted by molar-refractivity contribution is -0.172. The number of aromatic nitrogens is 2. The van der Waals surface area contributed by atoms with Crippen LogP contribution >= 0.6 is 0 Å². The number of hydrogen-bond acceptors (Lipinski definition) is 6. The molecular formula is C24H23FN2O6. The van der Waals surface area contributed by atoms with Crippen molar-refractivity contribution in [3.05, 3.63) is 67.5 Å². The van der Waals surface area contributed by atoms with Crippen molar-refractivity contribution in [2.75, 3.05) is 6.61 Å². The van der Waals surface area contributed by atoms with E-state index in [1.54, 1.807) is 13.0 Å². The van der Waals surface area contributed by atoms with E-state index in [1.165, 1.54) is 22.8 Å². The number of unbranched alkanes of at least 4 members (excludes halogenated alkanes) is 1. The number of carbonyl (C=O) groups is 1. The molecule has 1 aromatic carbocycles. The second-order valence-electron chi connectivity index (χ2n) is 8.50. The molecule has 0 spiro atoms. The van der Waals surface area contributed by atoms with Gasteiger partial charge in [-0.15, -0.1) is 0 Å². The first-order valence-corrected chi connectivity index (χ1v) is 10.9. The molecule has 3 aromatic rings. The number of aryl methyl sites for hydroxylation is 1. The van der Waals surface area contributed by atoms with E-state index < -0.39 is 28.4 Å². The maximum atomic E-state index is 14.1. The Labute approximate surface area is 187 Å². The van der Waals surface area contributed by atoms with Gasteiger partial charge in [-0.05, 0) is 43.5 Å². The maximum Gasteiger partial charge on any atom is 0.343 e. The van der Waals surface area contributed by atoms with Crippen molar-refractivity contribution in [1.29, 1.82) is 0 Å². The zero-order valence-electron chi connectivity index (χ0n) is 18.1. The van der Waals surface area contributed by atoms with Gasteiger partial charge in [-0.3, -0.25) is 9.59 Å². The van der Waals surface area contributed by atoms with Gasteiger partial charge in [-0.2, -0.15) is 0 Å². The topological polar surface area (TPSA) is 111 Å². The van der Waals surface area contributed by atoms with Gasteiger partial charge in [0.1, 0.15) is 12.4 Å². The number of aliphatic hydroxyl groups excluding tert-OH is 1. The summed E-state index contributed by atoms with van der Waals surface area (Å²) in [5.74, 6) is -1.38. The fourth-order valence-electron chi connectivity index (χ4n) is 4.95. The quantitative estimate of drug-likeness (QED) is 0.351. The molecule has 1 atom stereocenters. The average Bonchev–Trinajstić information content (AvgIpc) is 3.19. The maximum absolute atomic E-state index is 14.1. The Morgan fingerprint density at radius 1 is 1.18 bits per heavy atom. The summed E-state index contributed by atoms with van der Waals surface area (Å²) in [5.41, 5.74) is -0.792. The van der Waals surface area contributed by atoms with Crippen LogP contribution in [0.2, 0.25) is 0 Å². The number of ether oxygens (including phenoxy) is 1. The van der Waals surface area contributed by atoms with Crippen LogP contribution in [0.25, 0.3) is 22.2 Å². The lowest BCUT2D eigenvalue weighted by Gasteiger charge is -2.31. The van der Waals surface area contributed by atoms with Crippen LogP contribution < -0.4 is 11.0 Å². The number of nitrogens with zero attached hydrogens (tertiary/aromatic N) is 2. The molecule has 5 rings (SSSR count). The van der Waals surface area contributed by atoms with Crippen LogP contribution in [0.1, 0.15) is 43.0 Å². The van der Waals surface area contributed by atoms with Gasteiger partial charge >= 0.3 is 5.97 Å². The van der Waals surface area contributed by atoms with Gasteiger partial charge in [-0.25, -0.2) is 9.18 Å². The van der Waals surface area contributed by atoms with Crippen molar-refractivity contribution in [3.63, 3.8) is 0 Å². The predicted molar refractivity (Wildman–Crippen MR) is 117 cm³/mol. The third-order valence-electron chi connectivity index (χ3n) is 6.73. The molecule has 9 heteroatoms. The van der Waals surface area contributed by atoms with E-state index in [1.807, 2.05) is 4.57 Å². The van der Waals surface area contributed by atoms with E-state index in [4.69, 9.17) is 4.74 Å². The molecule has 2 N–H and O–H groups in total. The second-order valence-corrected chi connectivity index (χ2v) is 8.50. The van der Waals surface area contributed by atoms with Crippen LogP contribution in [-0.2, 0) is 34.8 Å². The fourth-order valence-corrected chi connectivity index (χ4v) is 4.95. The van der Waals surface area contributed by atoms with E-state index in [0.29, 0.717) is 36.3 Å². The summed E-state index contributed by atoms with van der Waals surface area (Å²) in [4.78, 5) is 39.2. The zero-order valence-corrected chi connectivity index (χ0v) is 18.1. The minimum atomic E-state index is -1.98.